The van der Waals surface area contributed by atoms with E-state index in [9.17, 15) is 23.6 Å². The second-order valence-electron chi connectivity index (χ2n) is 10.5. The van der Waals surface area contributed by atoms with Crippen molar-refractivity contribution in [1.29, 1.82) is 0 Å². The highest BCUT2D eigenvalue weighted by Crippen LogP contribution is 2.42. The summed E-state index contributed by atoms with van der Waals surface area (Å²) in [5.41, 5.74) is -0.713. The molecule has 2 saturated heterocycles. The van der Waals surface area contributed by atoms with E-state index in [4.69, 9.17) is 18.9 Å². The number of halogens is 1. The Morgan fingerprint density at radius 2 is 1.77 bits per heavy atom. The summed E-state index contributed by atoms with van der Waals surface area (Å²) in [5.74, 6) is -0.248. The van der Waals surface area contributed by atoms with Crippen molar-refractivity contribution in [3.63, 3.8) is 0 Å². The molecule has 2 aromatic rings. The molecule has 3 aliphatic heterocycles. The number of methoxy groups -OCH3 is 3. The van der Waals surface area contributed by atoms with Gasteiger partial charge in [0, 0.05) is 57.3 Å². The van der Waals surface area contributed by atoms with Crippen molar-refractivity contribution < 1.29 is 42.5 Å². The van der Waals surface area contributed by atoms with Crippen molar-refractivity contribution in [3.8, 4) is 23.0 Å². The van der Waals surface area contributed by atoms with Gasteiger partial charge in [-0.2, -0.15) is 0 Å². The molecule has 3 aliphatic rings. The highest BCUT2D eigenvalue weighted by molar-refractivity contribution is 6.08. The molecule has 3 heterocycles. The Labute approximate surface area is 253 Å². The second-order valence-corrected chi connectivity index (χ2v) is 10.5. The van der Waals surface area contributed by atoms with Crippen LogP contribution in [0.2, 0.25) is 0 Å². The summed E-state index contributed by atoms with van der Waals surface area (Å²) in [5, 5.41) is 7.55. The molecule has 0 bridgehead atoms. The summed E-state index contributed by atoms with van der Waals surface area (Å²) < 4.78 is 35.9. The lowest BCUT2D eigenvalue weighted by molar-refractivity contribution is -0.133. The zero-order valence-electron chi connectivity index (χ0n) is 24.6. The number of urea groups is 1. The highest BCUT2D eigenvalue weighted by Gasteiger charge is 2.54. The van der Waals surface area contributed by atoms with Crippen molar-refractivity contribution in [1.82, 2.24) is 25.8 Å². The fourth-order valence-electron chi connectivity index (χ4n) is 5.61. The summed E-state index contributed by atoms with van der Waals surface area (Å²) in [6, 6.07) is 6.42. The predicted octanol–water partition coefficient (Wildman–Crippen LogP) is 1.01. The minimum atomic E-state index is -1.60. The summed E-state index contributed by atoms with van der Waals surface area (Å²) >= 11 is 0. The normalized spacial score (nSPS) is 21.4. The van der Waals surface area contributed by atoms with Crippen molar-refractivity contribution >= 4 is 29.8 Å². The van der Waals surface area contributed by atoms with Gasteiger partial charge in [-0.25, -0.2) is 9.18 Å². The molecule has 3 N–H and O–H groups in total. The van der Waals surface area contributed by atoms with E-state index < -0.39 is 35.3 Å². The van der Waals surface area contributed by atoms with Crippen LogP contribution in [0.1, 0.15) is 17.5 Å². The molecule has 1 spiro atoms. The summed E-state index contributed by atoms with van der Waals surface area (Å²) in [4.78, 5) is 54.4. The fraction of sp³-hybridized carbons (Fsp3) is 0.400. The number of hydrogen-bond acceptors (Lipinski definition) is 9. The number of ether oxygens (including phenoxy) is 4. The number of piperazine rings is 1. The third kappa shape index (κ3) is 6.11. The van der Waals surface area contributed by atoms with Crippen LogP contribution in [0.15, 0.2) is 36.4 Å². The Balaban J connectivity index is 1.11. The van der Waals surface area contributed by atoms with E-state index in [0.717, 1.165) is 17.7 Å². The zero-order valence-corrected chi connectivity index (χ0v) is 24.6. The van der Waals surface area contributed by atoms with Gasteiger partial charge in [-0.15, -0.1) is 0 Å². The van der Waals surface area contributed by atoms with Crippen molar-refractivity contribution in [2.75, 3.05) is 60.6 Å². The first kappa shape index (κ1) is 30.6. The predicted molar refractivity (Wildman–Crippen MR) is 155 cm³/mol. The Morgan fingerprint density at radius 1 is 1.07 bits per heavy atom. The summed E-state index contributed by atoms with van der Waals surface area (Å²) in [6.45, 7) is 3.11. The monoisotopic (exact) mass is 611 g/mol. The van der Waals surface area contributed by atoms with Crippen LogP contribution >= 0.6 is 0 Å². The minimum Gasteiger partial charge on any atom is -0.493 e. The Bertz CT molecular complexity index is 1470. The first-order valence-corrected chi connectivity index (χ1v) is 14.0. The molecule has 2 aromatic carbocycles. The molecule has 0 unspecified atom stereocenters. The largest absolute Gasteiger partial charge is 0.493 e. The lowest BCUT2D eigenvalue weighted by Crippen LogP contribution is -2.55. The molecular formula is C30H34FN5O8. The third-order valence-electron chi connectivity index (χ3n) is 7.91. The Kier molecular flexibility index (Phi) is 8.90. The molecule has 2 fully saturated rings. The summed E-state index contributed by atoms with van der Waals surface area (Å²) in [7, 11) is 4.58. The quantitative estimate of drug-likeness (QED) is 0.279. The lowest BCUT2D eigenvalue weighted by atomic mass is 9.81. The van der Waals surface area contributed by atoms with Crippen LogP contribution in [-0.2, 0) is 19.9 Å². The zero-order chi connectivity index (χ0) is 31.4. The van der Waals surface area contributed by atoms with Gasteiger partial charge in [0.2, 0.25) is 11.7 Å². The number of benzene rings is 2. The Hall–Kier alpha value is -4.85. The molecule has 5 rings (SSSR count). The van der Waals surface area contributed by atoms with Crippen LogP contribution < -0.4 is 34.9 Å². The number of hydrogen-bond donors (Lipinski definition) is 3. The van der Waals surface area contributed by atoms with Gasteiger partial charge in [0.15, 0.2) is 23.1 Å². The van der Waals surface area contributed by atoms with E-state index in [1.165, 1.54) is 33.5 Å². The molecule has 13 nitrogen and oxygen atoms in total. The smallest absolute Gasteiger partial charge is 0.322 e. The minimum absolute atomic E-state index is 0.127. The molecule has 234 valence electrons. The molecule has 2 atom stereocenters. The first-order chi connectivity index (χ1) is 21.2. The van der Waals surface area contributed by atoms with Gasteiger partial charge in [-0.1, -0.05) is 0 Å². The standard InChI is InChI=1S/C30H34FN5O8/c1-41-22-14-18(15-23(42-2)26(22)43-3)4-7-25(37)36-12-10-35(11-13-36)9-8-32-27(38)24-17-30(28(39)33-29(40)34-30)20-16-19(31)5-6-21(20)44-24/h4-7,14-16,24H,8-13,17H2,1-3H3,(H,32,38)(H2,33,34,39,40)/t24-,30-/m0/s1. The van der Waals surface area contributed by atoms with E-state index in [2.05, 4.69) is 20.9 Å². The van der Waals surface area contributed by atoms with Crippen molar-refractivity contribution in [2.24, 2.45) is 0 Å². The SMILES string of the molecule is COc1cc(C=CC(=O)N2CCN(CCNC(=O)[C@@H]3C[C@]4(NC(=O)NC4=O)c4cc(F)ccc4O3)CC2)cc(OC)c1OC. The number of rotatable bonds is 9. The number of fused-ring (bicyclic) bond motifs is 2. The van der Waals surface area contributed by atoms with Gasteiger partial charge in [0.1, 0.15) is 11.6 Å². The topological polar surface area (TPSA) is 148 Å². The fourth-order valence-corrected chi connectivity index (χ4v) is 5.61. The van der Waals surface area contributed by atoms with Crippen LogP contribution in [0.3, 0.4) is 0 Å². The maximum Gasteiger partial charge on any atom is 0.322 e. The van der Waals surface area contributed by atoms with Gasteiger partial charge in [0.05, 0.1) is 21.3 Å². The van der Waals surface area contributed by atoms with E-state index in [0.29, 0.717) is 56.5 Å². The van der Waals surface area contributed by atoms with Gasteiger partial charge in [0.25, 0.3) is 11.8 Å². The molecular weight excluding hydrogens is 577 g/mol. The maximum absolute atomic E-state index is 14.0. The van der Waals surface area contributed by atoms with Gasteiger partial charge in [-0.05, 0) is 42.0 Å². The van der Waals surface area contributed by atoms with E-state index in [1.54, 1.807) is 23.1 Å². The maximum atomic E-state index is 14.0. The molecule has 0 aromatic heterocycles. The molecule has 14 heteroatoms. The average molecular weight is 612 g/mol. The number of carbonyl (C=O) groups excluding carboxylic acids is 4. The molecule has 0 saturated carbocycles. The van der Waals surface area contributed by atoms with Crippen LogP contribution in [0.25, 0.3) is 6.08 Å². The summed E-state index contributed by atoms with van der Waals surface area (Å²) in [6.07, 6.45) is 1.94. The molecule has 0 radical (unpaired) electrons. The Morgan fingerprint density at radius 3 is 2.39 bits per heavy atom. The van der Waals surface area contributed by atoms with Gasteiger partial charge < -0.3 is 34.5 Å². The van der Waals surface area contributed by atoms with Crippen molar-refractivity contribution in [3.05, 3.63) is 53.4 Å². The number of nitrogens with one attached hydrogen (secondary N) is 3. The van der Waals surface area contributed by atoms with E-state index >= 15 is 0 Å². The molecule has 44 heavy (non-hydrogen) atoms. The van der Waals surface area contributed by atoms with E-state index in [-0.39, 0.29) is 23.6 Å². The van der Waals surface area contributed by atoms with Crippen LogP contribution in [0, 0.1) is 5.82 Å². The number of nitrogens with zero attached hydrogens (tertiary/aromatic N) is 2. The van der Waals surface area contributed by atoms with Crippen LogP contribution in [-0.4, -0.2) is 100 Å². The number of imide groups is 1. The lowest BCUT2D eigenvalue weighted by Gasteiger charge is -2.37. The van der Waals surface area contributed by atoms with Gasteiger partial charge >= 0.3 is 6.03 Å². The van der Waals surface area contributed by atoms with Gasteiger partial charge in [-0.3, -0.25) is 24.6 Å². The highest BCUT2D eigenvalue weighted by atomic mass is 19.1. The van der Waals surface area contributed by atoms with Crippen molar-refractivity contribution in [2.45, 2.75) is 18.1 Å². The third-order valence-corrected chi connectivity index (χ3v) is 7.91. The molecule has 5 amide bonds. The van der Waals surface area contributed by atoms with E-state index in [1.807, 2.05) is 0 Å². The number of amides is 5. The van der Waals surface area contributed by atoms with Crippen LogP contribution in [0.4, 0.5) is 9.18 Å². The number of carbonyl (C=O) groups is 4. The van der Waals surface area contributed by atoms with Crippen LogP contribution in [0.5, 0.6) is 23.0 Å². The first-order valence-electron chi connectivity index (χ1n) is 14.0. The molecule has 0 aliphatic carbocycles. The second kappa shape index (κ2) is 12.8. The average Bonchev–Trinajstić information content (AvgIpc) is 3.31.